The van der Waals surface area contributed by atoms with Gasteiger partial charge in [-0.1, -0.05) is 23.7 Å². The summed E-state index contributed by atoms with van der Waals surface area (Å²) in [7, 11) is 0. The molecule has 0 saturated heterocycles. The zero-order valence-corrected chi connectivity index (χ0v) is 14.5. The van der Waals surface area contributed by atoms with Crippen LogP contribution >= 0.6 is 11.6 Å². The number of ether oxygens (including phenoxy) is 1. The Bertz CT molecular complexity index is 836. The van der Waals surface area contributed by atoms with Gasteiger partial charge in [-0.3, -0.25) is 9.59 Å². The summed E-state index contributed by atoms with van der Waals surface area (Å²) in [6.07, 6.45) is -1.05. The van der Waals surface area contributed by atoms with E-state index in [1.165, 1.54) is 32.0 Å². The highest BCUT2D eigenvalue weighted by Gasteiger charge is 2.20. The molecule has 0 radical (unpaired) electrons. The molecule has 1 amide bonds. The third kappa shape index (κ3) is 4.81. The van der Waals surface area contributed by atoms with Gasteiger partial charge in [-0.25, -0.2) is 4.79 Å². The Balaban J connectivity index is 2.03. The summed E-state index contributed by atoms with van der Waals surface area (Å²) in [6, 6.07) is 10.8. The molecule has 1 atom stereocenters. The molecule has 0 aliphatic rings. The number of carbonyl (C=O) groups is 3. The summed E-state index contributed by atoms with van der Waals surface area (Å²) >= 11 is 5.78. The standard InChI is InChI=1S/C18H17ClN2O4/c1-10(22)12-4-3-5-14(8-12)21-17(23)11(2)25-18(24)15-7-6-13(19)9-16(15)20/h3-9,11H,20H2,1-2H3,(H,21,23). The number of nitrogens with two attached hydrogens (primary N) is 1. The van der Waals surface area contributed by atoms with Crippen LogP contribution in [0.1, 0.15) is 34.6 Å². The molecule has 0 aromatic heterocycles. The Morgan fingerprint density at radius 1 is 1.16 bits per heavy atom. The van der Waals surface area contributed by atoms with E-state index in [4.69, 9.17) is 22.1 Å². The van der Waals surface area contributed by atoms with Crippen molar-refractivity contribution >= 4 is 40.6 Å². The van der Waals surface area contributed by atoms with Gasteiger partial charge in [0.1, 0.15) is 0 Å². The van der Waals surface area contributed by atoms with Crippen molar-refractivity contribution in [1.29, 1.82) is 0 Å². The number of ketones is 1. The van der Waals surface area contributed by atoms with Gasteiger partial charge >= 0.3 is 5.97 Å². The molecule has 0 aliphatic carbocycles. The van der Waals surface area contributed by atoms with Gasteiger partial charge in [0.05, 0.1) is 5.56 Å². The van der Waals surface area contributed by atoms with Crippen molar-refractivity contribution in [2.45, 2.75) is 20.0 Å². The lowest BCUT2D eigenvalue weighted by atomic mass is 10.1. The number of nitrogen functional groups attached to an aromatic ring is 1. The van der Waals surface area contributed by atoms with E-state index < -0.39 is 18.0 Å². The average Bonchev–Trinajstić information content (AvgIpc) is 2.54. The van der Waals surface area contributed by atoms with E-state index in [-0.39, 0.29) is 17.0 Å². The van der Waals surface area contributed by atoms with Gasteiger partial charge in [0.25, 0.3) is 5.91 Å². The van der Waals surface area contributed by atoms with Crippen LogP contribution in [0.15, 0.2) is 42.5 Å². The first kappa shape index (κ1) is 18.5. The molecule has 0 saturated carbocycles. The molecule has 0 fully saturated rings. The molecule has 7 heteroatoms. The quantitative estimate of drug-likeness (QED) is 0.484. The fraction of sp³-hybridized carbons (Fsp3) is 0.167. The van der Waals surface area contributed by atoms with E-state index in [1.807, 2.05) is 0 Å². The maximum atomic E-state index is 12.2. The lowest BCUT2D eigenvalue weighted by molar-refractivity contribution is -0.123. The van der Waals surface area contributed by atoms with Crippen LogP contribution in [-0.4, -0.2) is 23.8 Å². The Kier molecular flexibility index (Phi) is 5.77. The molecule has 3 N–H and O–H groups in total. The normalized spacial score (nSPS) is 11.5. The highest BCUT2D eigenvalue weighted by Crippen LogP contribution is 2.19. The topological polar surface area (TPSA) is 98.5 Å². The zero-order valence-electron chi connectivity index (χ0n) is 13.7. The number of hydrogen-bond donors (Lipinski definition) is 2. The number of amides is 1. The molecule has 0 bridgehead atoms. The van der Waals surface area contributed by atoms with Gasteiger partial charge in [-0.15, -0.1) is 0 Å². The van der Waals surface area contributed by atoms with Gasteiger partial charge < -0.3 is 15.8 Å². The summed E-state index contributed by atoms with van der Waals surface area (Å²) in [5.74, 6) is -1.37. The number of benzene rings is 2. The van der Waals surface area contributed by atoms with Crippen molar-refractivity contribution in [3.63, 3.8) is 0 Å². The minimum Gasteiger partial charge on any atom is -0.449 e. The molecule has 0 heterocycles. The molecule has 2 aromatic rings. The third-order valence-electron chi connectivity index (χ3n) is 3.42. The van der Waals surface area contributed by atoms with Crippen LogP contribution < -0.4 is 11.1 Å². The van der Waals surface area contributed by atoms with Crippen LogP contribution in [0.5, 0.6) is 0 Å². The SMILES string of the molecule is CC(=O)c1cccc(NC(=O)C(C)OC(=O)c2ccc(Cl)cc2N)c1. The van der Waals surface area contributed by atoms with E-state index in [9.17, 15) is 14.4 Å². The van der Waals surface area contributed by atoms with Gasteiger partial charge in [0, 0.05) is 22.0 Å². The van der Waals surface area contributed by atoms with Gasteiger partial charge in [0.15, 0.2) is 11.9 Å². The predicted octanol–water partition coefficient (Wildman–Crippen LogP) is 3.31. The first-order valence-corrected chi connectivity index (χ1v) is 7.83. The maximum absolute atomic E-state index is 12.2. The monoisotopic (exact) mass is 360 g/mol. The molecule has 25 heavy (non-hydrogen) atoms. The maximum Gasteiger partial charge on any atom is 0.341 e. The highest BCUT2D eigenvalue weighted by molar-refractivity contribution is 6.31. The molecule has 6 nitrogen and oxygen atoms in total. The van der Waals surface area contributed by atoms with E-state index in [0.717, 1.165) is 0 Å². The van der Waals surface area contributed by atoms with Crippen LogP contribution in [0.25, 0.3) is 0 Å². The van der Waals surface area contributed by atoms with Gasteiger partial charge in [-0.05, 0) is 44.2 Å². The van der Waals surface area contributed by atoms with Crippen molar-refractivity contribution in [1.82, 2.24) is 0 Å². The number of halogens is 1. The number of Topliss-reactive ketones (excluding diaryl/α,β-unsaturated/α-hetero) is 1. The van der Waals surface area contributed by atoms with Crippen molar-refractivity contribution in [3.8, 4) is 0 Å². The molecule has 2 aromatic carbocycles. The minimum atomic E-state index is -1.05. The second kappa shape index (κ2) is 7.81. The first-order valence-electron chi connectivity index (χ1n) is 7.46. The van der Waals surface area contributed by atoms with Gasteiger partial charge in [-0.2, -0.15) is 0 Å². The van der Waals surface area contributed by atoms with Crippen molar-refractivity contribution in [3.05, 3.63) is 58.6 Å². The molecule has 0 aliphatic heterocycles. The lowest BCUT2D eigenvalue weighted by Crippen LogP contribution is -2.30. The largest absolute Gasteiger partial charge is 0.449 e. The van der Waals surface area contributed by atoms with Crippen molar-refractivity contribution < 1.29 is 19.1 Å². The predicted molar refractivity (Wildman–Crippen MR) is 95.8 cm³/mol. The number of nitrogens with one attached hydrogen (secondary N) is 1. The Hall–Kier alpha value is -2.86. The third-order valence-corrected chi connectivity index (χ3v) is 3.66. The number of rotatable bonds is 5. The van der Waals surface area contributed by atoms with E-state index in [1.54, 1.807) is 24.3 Å². The fourth-order valence-corrected chi connectivity index (χ4v) is 2.24. The fourth-order valence-electron chi connectivity index (χ4n) is 2.06. The number of carbonyl (C=O) groups excluding carboxylic acids is 3. The van der Waals surface area contributed by atoms with Crippen molar-refractivity contribution in [2.24, 2.45) is 0 Å². The Morgan fingerprint density at radius 2 is 1.88 bits per heavy atom. The molecule has 1 unspecified atom stereocenters. The van der Waals surface area contributed by atoms with Gasteiger partial charge in [0.2, 0.25) is 0 Å². The summed E-state index contributed by atoms with van der Waals surface area (Å²) < 4.78 is 5.13. The number of anilines is 2. The highest BCUT2D eigenvalue weighted by atomic mass is 35.5. The van der Waals surface area contributed by atoms with Crippen molar-refractivity contribution in [2.75, 3.05) is 11.1 Å². The molecular formula is C18H17ClN2O4. The number of hydrogen-bond acceptors (Lipinski definition) is 5. The van der Waals surface area contributed by atoms with Crippen LogP contribution in [0.3, 0.4) is 0 Å². The summed E-state index contributed by atoms with van der Waals surface area (Å²) in [6.45, 7) is 2.87. The summed E-state index contributed by atoms with van der Waals surface area (Å²) in [5, 5.41) is 2.99. The van der Waals surface area contributed by atoms with Crippen LogP contribution in [-0.2, 0) is 9.53 Å². The smallest absolute Gasteiger partial charge is 0.341 e. The van der Waals surface area contributed by atoms with E-state index in [2.05, 4.69) is 5.32 Å². The molecule has 2 rings (SSSR count). The lowest BCUT2D eigenvalue weighted by Gasteiger charge is -2.14. The second-order valence-electron chi connectivity index (χ2n) is 5.41. The Morgan fingerprint density at radius 3 is 2.52 bits per heavy atom. The van der Waals surface area contributed by atoms with E-state index in [0.29, 0.717) is 16.3 Å². The van der Waals surface area contributed by atoms with E-state index >= 15 is 0 Å². The summed E-state index contributed by atoms with van der Waals surface area (Å²) in [5.41, 5.74) is 6.92. The number of esters is 1. The van der Waals surface area contributed by atoms with Crippen LogP contribution in [0.2, 0.25) is 5.02 Å². The average molecular weight is 361 g/mol. The summed E-state index contributed by atoms with van der Waals surface area (Å²) in [4.78, 5) is 35.7. The van der Waals surface area contributed by atoms with Crippen LogP contribution in [0.4, 0.5) is 11.4 Å². The molecule has 0 spiro atoms. The second-order valence-corrected chi connectivity index (χ2v) is 5.84. The molecular weight excluding hydrogens is 344 g/mol. The minimum absolute atomic E-state index is 0.117. The zero-order chi connectivity index (χ0) is 18.6. The van der Waals surface area contributed by atoms with Crippen LogP contribution in [0, 0.1) is 0 Å². The molecule has 130 valence electrons. The Labute approximate surface area is 149 Å². The first-order chi connectivity index (χ1) is 11.8.